The molecule has 226 valence electrons. The number of unbranched alkanes of at least 4 members (excludes halogenated alkanes) is 1. The quantitative estimate of drug-likeness (QED) is 0.270. The molecule has 0 aromatic heterocycles. The highest BCUT2D eigenvalue weighted by atomic mass is 32.2. The highest BCUT2D eigenvalue weighted by Gasteiger charge is 2.33. The zero-order chi connectivity index (χ0) is 30.9. The van der Waals surface area contributed by atoms with E-state index in [0.717, 1.165) is 22.7 Å². The molecule has 3 rings (SSSR count). The first kappa shape index (κ1) is 32.4. The maximum absolute atomic E-state index is 14.0. The third-order valence-electron chi connectivity index (χ3n) is 6.81. The van der Waals surface area contributed by atoms with Crippen molar-refractivity contribution in [1.82, 2.24) is 10.2 Å². The smallest absolute Gasteiger partial charge is 0.264 e. The predicted molar refractivity (Wildman–Crippen MR) is 160 cm³/mol. The van der Waals surface area contributed by atoms with Crippen LogP contribution in [0.3, 0.4) is 0 Å². The summed E-state index contributed by atoms with van der Waals surface area (Å²) in [4.78, 5) is 28.3. The Kier molecular flexibility index (Phi) is 11.3. The van der Waals surface area contributed by atoms with Crippen LogP contribution in [-0.4, -0.2) is 58.5 Å². The van der Waals surface area contributed by atoms with E-state index in [1.165, 1.54) is 67.7 Å². The molecular weight excluding hydrogens is 561 g/mol. The molecule has 11 heteroatoms. The summed E-state index contributed by atoms with van der Waals surface area (Å²) < 4.78 is 53.3. The number of nitrogens with zero attached hydrogens (tertiary/aromatic N) is 2. The summed E-state index contributed by atoms with van der Waals surface area (Å²) in [6.45, 7) is 5.21. The molecule has 0 fully saturated rings. The van der Waals surface area contributed by atoms with Crippen molar-refractivity contribution in [2.24, 2.45) is 0 Å². The van der Waals surface area contributed by atoms with Crippen LogP contribution in [0.25, 0.3) is 0 Å². The number of halogens is 1. The van der Waals surface area contributed by atoms with Crippen LogP contribution in [0.15, 0.2) is 71.6 Å². The summed E-state index contributed by atoms with van der Waals surface area (Å²) in [6.07, 6.45) is 1.65. The van der Waals surface area contributed by atoms with Crippen LogP contribution in [0, 0.1) is 12.7 Å². The number of anilines is 1. The Morgan fingerprint density at radius 2 is 1.60 bits per heavy atom. The molecule has 42 heavy (non-hydrogen) atoms. The lowest BCUT2D eigenvalue weighted by atomic mass is 10.1. The fraction of sp³-hybridized carbons (Fsp3) is 0.355. The summed E-state index contributed by atoms with van der Waals surface area (Å²) >= 11 is 0. The van der Waals surface area contributed by atoms with Crippen LogP contribution in [-0.2, 0) is 26.2 Å². The molecule has 1 atom stereocenters. The van der Waals surface area contributed by atoms with Gasteiger partial charge in [0, 0.05) is 19.2 Å². The van der Waals surface area contributed by atoms with Gasteiger partial charge in [-0.25, -0.2) is 12.8 Å². The normalized spacial score (nSPS) is 11.9. The van der Waals surface area contributed by atoms with Gasteiger partial charge in [0.2, 0.25) is 11.8 Å². The number of hydrogen-bond acceptors (Lipinski definition) is 6. The van der Waals surface area contributed by atoms with Gasteiger partial charge in [-0.05, 0) is 62.2 Å². The lowest BCUT2D eigenvalue weighted by molar-refractivity contribution is -0.139. The van der Waals surface area contributed by atoms with E-state index in [9.17, 15) is 22.4 Å². The minimum atomic E-state index is -4.25. The Balaban J connectivity index is 2.05. The van der Waals surface area contributed by atoms with Crippen LogP contribution in [0.1, 0.15) is 37.8 Å². The molecule has 0 saturated heterocycles. The van der Waals surface area contributed by atoms with Crippen molar-refractivity contribution in [1.29, 1.82) is 0 Å². The number of methoxy groups -OCH3 is 2. The highest BCUT2D eigenvalue weighted by molar-refractivity contribution is 7.92. The topological polar surface area (TPSA) is 105 Å². The largest absolute Gasteiger partial charge is 0.493 e. The molecule has 1 N–H and O–H groups in total. The number of benzene rings is 3. The first-order chi connectivity index (χ1) is 20.0. The van der Waals surface area contributed by atoms with Gasteiger partial charge in [0.15, 0.2) is 11.5 Å². The predicted octanol–water partition coefficient (Wildman–Crippen LogP) is 4.68. The van der Waals surface area contributed by atoms with Crippen LogP contribution >= 0.6 is 0 Å². The number of carbonyl (C=O) groups excluding carboxylic acids is 2. The fourth-order valence-corrected chi connectivity index (χ4v) is 5.66. The van der Waals surface area contributed by atoms with Crippen LogP contribution in [0.2, 0.25) is 0 Å². The van der Waals surface area contributed by atoms with Gasteiger partial charge in [-0.1, -0.05) is 43.2 Å². The third kappa shape index (κ3) is 8.00. The molecule has 3 aromatic carbocycles. The summed E-state index contributed by atoms with van der Waals surface area (Å²) in [5, 5.41) is 2.83. The Hall–Kier alpha value is -4.12. The highest BCUT2D eigenvalue weighted by Crippen LogP contribution is 2.34. The summed E-state index contributed by atoms with van der Waals surface area (Å²) in [5.74, 6) is -0.777. The second-order valence-corrected chi connectivity index (χ2v) is 11.7. The Labute approximate surface area is 247 Å². The van der Waals surface area contributed by atoms with Gasteiger partial charge in [-0.2, -0.15) is 0 Å². The van der Waals surface area contributed by atoms with E-state index in [2.05, 4.69) is 5.32 Å². The lowest BCUT2D eigenvalue weighted by Crippen LogP contribution is -2.51. The Morgan fingerprint density at radius 3 is 2.19 bits per heavy atom. The molecular formula is C31H38FN3O6S. The SMILES string of the molecule is CCCCNC(=O)[C@@H](C)N(Cc1ccc(F)cc1)C(=O)CN(c1ccc(OC)c(OC)c1)S(=O)(=O)c1ccc(C)cc1. The van der Waals surface area contributed by atoms with E-state index in [1.807, 2.05) is 13.8 Å². The molecule has 3 aromatic rings. The molecule has 0 aliphatic heterocycles. The van der Waals surface area contributed by atoms with E-state index in [0.29, 0.717) is 17.9 Å². The number of hydrogen-bond donors (Lipinski definition) is 1. The average Bonchev–Trinajstić information content (AvgIpc) is 2.98. The summed E-state index contributed by atoms with van der Waals surface area (Å²) in [6, 6.07) is 15.5. The minimum absolute atomic E-state index is 0.00822. The van der Waals surface area contributed by atoms with Crippen molar-refractivity contribution < 1.29 is 31.9 Å². The number of carbonyl (C=O) groups is 2. The number of nitrogens with one attached hydrogen (secondary N) is 1. The molecule has 2 amide bonds. The number of rotatable bonds is 14. The molecule has 0 saturated carbocycles. The molecule has 0 aliphatic rings. The summed E-state index contributed by atoms with van der Waals surface area (Å²) in [5.41, 5.74) is 1.62. The minimum Gasteiger partial charge on any atom is -0.493 e. The van der Waals surface area contributed by atoms with Crippen molar-refractivity contribution in [2.45, 2.75) is 51.1 Å². The zero-order valence-corrected chi connectivity index (χ0v) is 25.4. The summed E-state index contributed by atoms with van der Waals surface area (Å²) in [7, 11) is -1.36. The van der Waals surface area contributed by atoms with Crippen molar-refractivity contribution >= 4 is 27.5 Å². The van der Waals surface area contributed by atoms with Gasteiger partial charge in [0.1, 0.15) is 18.4 Å². The van der Waals surface area contributed by atoms with Crippen molar-refractivity contribution in [3.63, 3.8) is 0 Å². The second-order valence-electron chi connectivity index (χ2n) is 9.83. The molecule has 0 aliphatic carbocycles. The van der Waals surface area contributed by atoms with Gasteiger partial charge in [0.25, 0.3) is 10.0 Å². The van der Waals surface area contributed by atoms with Gasteiger partial charge in [-0.15, -0.1) is 0 Å². The first-order valence-corrected chi connectivity index (χ1v) is 15.1. The van der Waals surface area contributed by atoms with E-state index in [1.54, 1.807) is 25.1 Å². The molecule has 0 spiro atoms. The lowest BCUT2D eigenvalue weighted by Gasteiger charge is -2.32. The Bertz CT molecular complexity index is 1460. The number of sulfonamides is 1. The van der Waals surface area contributed by atoms with Crippen LogP contribution in [0.4, 0.5) is 10.1 Å². The van der Waals surface area contributed by atoms with Crippen LogP contribution < -0.4 is 19.1 Å². The number of aryl methyl sites for hydroxylation is 1. The first-order valence-electron chi connectivity index (χ1n) is 13.6. The molecule has 0 radical (unpaired) electrons. The standard InChI is InChI=1S/C31H38FN3O6S/c1-6-7-18-33-31(37)23(3)34(20-24-10-12-25(32)13-11-24)30(36)21-35(26-14-17-28(40-4)29(19-26)41-5)42(38,39)27-15-8-22(2)9-16-27/h8-17,19,23H,6-7,18,20-21H2,1-5H3,(H,33,37)/t23-/m1/s1. The molecule has 9 nitrogen and oxygen atoms in total. The zero-order valence-electron chi connectivity index (χ0n) is 24.6. The van der Waals surface area contributed by atoms with Crippen molar-refractivity contribution in [3.05, 3.63) is 83.7 Å². The number of amides is 2. The Morgan fingerprint density at radius 1 is 0.952 bits per heavy atom. The van der Waals surface area contributed by atoms with E-state index in [-0.39, 0.29) is 28.8 Å². The van der Waals surface area contributed by atoms with Gasteiger partial charge >= 0.3 is 0 Å². The van der Waals surface area contributed by atoms with Crippen molar-refractivity contribution in [3.8, 4) is 11.5 Å². The monoisotopic (exact) mass is 599 g/mol. The fourth-order valence-electron chi connectivity index (χ4n) is 4.25. The van der Waals surface area contributed by atoms with Crippen molar-refractivity contribution in [2.75, 3.05) is 31.6 Å². The maximum atomic E-state index is 14.0. The molecule has 0 heterocycles. The molecule has 0 unspecified atom stereocenters. The van der Waals surface area contributed by atoms with Gasteiger partial charge < -0.3 is 19.7 Å². The number of ether oxygens (including phenoxy) is 2. The average molecular weight is 600 g/mol. The van der Waals surface area contributed by atoms with E-state index < -0.39 is 34.3 Å². The van der Waals surface area contributed by atoms with E-state index >= 15 is 0 Å². The molecule has 0 bridgehead atoms. The van der Waals surface area contributed by atoms with Crippen LogP contribution in [0.5, 0.6) is 11.5 Å². The third-order valence-corrected chi connectivity index (χ3v) is 8.59. The maximum Gasteiger partial charge on any atom is 0.264 e. The van der Waals surface area contributed by atoms with E-state index in [4.69, 9.17) is 9.47 Å². The second kappa shape index (κ2) is 14.7. The van der Waals surface area contributed by atoms with Gasteiger partial charge in [-0.3, -0.25) is 13.9 Å². The van der Waals surface area contributed by atoms with Gasteiger partial charge in [0.05, 0.1) is 24.8 Å².